The fraction of sp³-hybridized carbons (Fsp3) is 0.353. The molecule has 9 nitrogen and oxygen atoms in total. The highest BCUT2D eigenvalue weighted by atomic mass is 35.5. The second kappa shape index (κ2) is 17.7. The van der Waals surface area contributed by atoms with Gasteiger partial charge >= 0.3 is 0 Å². The molecule has 234 valence electrons. The van der Waals surface area contributed by atoms with Crippen LogP contribution in [-0.4, -0.2) is 42.7 Å². The lowest BCUT2D eigenvalue weighted by atomic mass is 9.83. The predicted octanol–water partition coefficient (Wildman–Crippen LogP) is 4.16. The quantitative estimate of drug-likeness (QED) is 0.0694. The Bertz CT molecular complexity index is 1350. The van der Waals surface area contributed by atoms with Gasteiger partial charge in [-0.25, -0.2) is 0 Å². The Morgan fingerprint density at radius 2 is 1.39 bits per heavy atom. The van der Waals surface area contributed by atoms with Crippen molar-refractivity contribution in [3.05, 3.63) is 102 Å². The van der Waals surface area contributed by atoms with Crippen LogP contribution in [0.2, 0.25) is 0 Å². The van der Waals surface area contributed by atoms with E-state index in [2.05, 4.69) is 21.3 Å². The highest BCUT2D eigenvalue weighted by Gasteiger charge is 2.35. The summed E-state index contributed by atoms with van der Waals surface area (Å²) in [6, 6.07) is 25.5. The van der Waals surface area contributed by atoms with Gasteiger partial charge in [0.15, 0.2) is 0 Å². The van der Waals surface area contributed by atoms with Gasteiger partial charge in [0, 0.05) is 30.9 Å². The SMILES string of the molecule is Cl.N=C(N)c1ccc(CC(C(=O)NCc2ccccc2)C(=O)N[C@H](C(=O)NCCNc2ccccc2)C2CCCCC2)cc1. The Balaban J connectivity index is 0.00000529. The van der Waals surface area contributed by atoms with Crippen LogP contribution in [0.1, 0.15) is 48.8 Å². The maximum atomic E-state index is 13.8. The average Bonchev–Trinajstić information content (AvgIpc) is 3.04. The Hall–Kier alpha value is -4.37. The number of amidine groups is 1. The maximum absolute atomic E-state index is 13.8. The molecule has 2 atom stereocenters. The number of amides is 3. The highest BCUT2D eigenvalue weighted by molar-refractivity contribution is 6.02. The van der Waals surface area contributed by atoms with Gasteiger partial charge in [-0.15, -0.1) is 12.4 Å². The number of carbonyl (C=O) groups is 3. The van der Waals surface area contributed by atoms with Gasteiger partial charge in [-0.05, 0) is 48.4 Å². The van der Waals surface area contributed by atoms with Crippen molar-refractivity contribution in [3.63, 3.8) is 0 Å². The molecule has 0 saturated heterocycles. The third-order valence-corrected chi connectivity index (χ3v) is 7.88. The molecule has 0 aliphatic heterocycles. The number of hydrogen-bond acceptors (Lipinski definition) is 5. The zero-order valence-corrected chi connectivity index (χ0v) is 25.7. The maximum Gasteiger partial charge on any atom is 0.242 e. The van der Waals surface area contributed by atoms with Gasteiger partial charge in [0.1, 0.15) is 17.8 Å². The van der Waals surface area contributed by atoms with E-state index in [0.29, 0.717) is 18.7 Å². The molecule has 0 heterocycles. The smallest absolute Gasteiger partial charge is 0.242 e. The molecule has 4 rings (SSSR count). The first-order valence-corrected chi connectivity index (χ1v) is 15.0. The second-order valence-electron chi connectivity index (χ2n) is 11.0. The number of nitrogens with one attached hydrogen (secondary N) is 5. The average molecular weight is 619 g/mol. The van der Waals surface area contributed by atoms with Gasteiger partial charge < -0.3 is 27.0 Å². The topological polar surface area (TPSA) is 149 Å². The van der Waals surface area contributed by atoms with Crippen molar-refractivity contribution in [1.82, 2.24) is 16.0 Å². The summed E-state index contributed by atoms with van der Waals surface area (Å²) in [6.45, 7) is 1.23. The lowest BCUT2D eigenvalue weighted by Crippen LogP contribution is -2.55. The summed E-state index contributed by atoms with van der Waals surface area (Å²) in [4.78, 5) is 40.8. The molecule has 0 spiro atoms. The standard InChI is InChI=1S/C34H42N6O3.ClH/c35-31(36)27-18-16-24(17-19-27)22-29(32(41)39-23-25-10-4-1-5-11-25)33(42)40-30(26-12-6-2-7-13-26)34(43)38-21-20-37-28-14-8-3-9-15-28;/h1,3-5,8-11,14-19,26,29-30,37H,2,6-7,12-13,20-23H2,(H3,35,36)(H,38,43)(H,39,41)(H,40,42);1H/t29?,30-;/m0./s1. The number of rotatable bonds is 14. The van der Waals surface area contributed by atoms with Gasteiger partial charge in [0.05, 0.1) is 0 Å². The molecule has 0 radical (unpaired) electrons. The Morgan fingerprint density at radius 3 is 2.02 bits per heavy atom. The third-order valence-electron chi connectivity index (χ3n) is 7.88. The van der Waals surface area contributed by atoms with E-state index in [-0.39, 0.29) is 43.0 Å². The van der Waals surface area contributed by atoms with Crippen LogP contribution in [0, 0.1) is 17.2 Å². The number of benzene rings is 3. The summed E-state index contributed by atoms with van der Waals surface area (Å²) in [5, 5.41) is 19.8. The molecule has 3 aromatic carbocycles. The van der Waals surface area contributed by atoms with Crippen LogP contribution in [-0.2, 0) is 27.3 Å². The molecular formula is C34H43ClN6O3. The van der Waals surface area contributed by atoms with Gasteiger partial charge in [0.2, 0.25) is 17.7 Å². The number of nitrogen functional groups attached to an aromatic ring is 1. The number of anilines is 1. The van der Waals surface area contributed by atoms with Gasteiger partial charge in [-0.3, -0.25) is 19.8 Å². The fourth-order valence-electron chi connectivity index (χ4n) is 5.45. The van der Waals surface area contributed by atoms with Crippen molar-refractivity contribution in [2.45, 2.75) is 51.1 Å². The molecule has 1 aliphatic carbocycles. The molecule has 0 aromatic heterocycles. The van der Waals surface area contributed by atoms with Crippen molar-refractivity contribution in [2.24, 2.45) is 17.6 Å². The largest absolute Gasteiger partial charge is 0.384 e. The molecule has 1 unspecified atom stereocenters. The van der Waals surface area contributed by atoms with E-state index in [0.717, 1.165) is 48.9 Å². The van der Waals surface area contributed by atoms with E-state index in [1.54, 1.807) is 24.3 Å². The number of halogens is 1. The Morgan fingerprint density at radius 1 is 0.750 bits per heavy atom. The van der Waals surface area contributed by atoms with E-state index >= 15 is 0 Å². The van der Waals surface area contributed by atoms with Gasteiger partial charge in [-0.2, -0.15) is 0 Å². The second-order valence-corrected chi connectivity index (χ2v) is 11.0. The predicted molar refractivity (Wildman–Crippen MR) is 177 cm³/mol. The first-order valence-electron chi connectivity index (χ1n) is 15.0. The molecule has 7 N–H and O–H groups in total. The molecule has 1 aliphatic rings. The summed E-state index contributed by atoms with van der Waals surface area (Å²) in [7, 11) is 0. The highest BCUT2D eigenvalue weighted by Crippen LogP contribution is 2.27. The molecule has 44 heavy (non-hydrogen) atoms. The van der Waals surface area contributed by atoms with Crippen LogP contribution in [0.5, 0.6) is 0 Å². The van der Waals surface area contributed by atoms with E-state index in [9.17, 15) is 14.4 Å². The molecular weight excluding hydrogens is 576 g/mol. The number of carbonyl (C=O) groups excluding carboxylic acids is 3. The number of para-hydroxylation sites is 1. The first kappa shape index (κ1) is 34.1. The van der Waals surface area contributed by atoms with E-state index in [1.807, 2.05) is 60.7 Å². The van der Waals surface area contributed by atoms with Crippen molar-refractivity contribution in [3.8, 4) is 0 Å². The van der Waals surface area contributed by atoms with Crippen molar-refractivity contribution in [2.75, 3.05) is 18.4 Å². The molecule has 0 bridgehead atoms. The minimum Gasteiger partial charge on any atom is -0.384 e. The molecule has 3 aromatic rings. The van der Waals surface area contributed by atoms with E-state index < -0.39 is 23.8 Å². The lowest BCUT2D eigenvalue weighted by Gasteiger charge is -2.31. The normalized spacial score (nSPS) is 14.3. The number of nitrogens with two attached hydrogens (primary N) is 1. The van der Waals surface area contributed by atoms with Crippen molar-refractivity contribution in [1.29, 1.82) is 5.41 Å². The van der Waals surface area contributed by atoms with Crippen molar-refractivity contribution < 1.29 is 14.4 Å². The summed E-state index contributed by atoms with van der Waals surface area (Å²) < 4.78 is 0. The minimum absolute atomic E-state index is 0. The summed E-state index contributed by atoms with van der Waals surface area (Å²) in [6.07, 6.45) is 4.95. The Labute approximate surface area is 265 Å². The van der Waals surface area contributed by atoms with Crippen LogP contribution < -0.4 is 27.0 Å². The van der Waals surface area contributed by atoms with E-state index in [1.165, 1.54) is 0 Å². The first-order chi connectivity index (χ1) is 20.9. The van der Waals surface area contributed by atoms with Crippen LogP contribution in [0.25, 0.3) is 0 Å². The zero-order chi connectivity index (χ0) is 30.4. The van der Waals surface area contributed by atoms with Crippen LogP contribution in [0.15, 0.2) is 84.9 Å². The van der Waals surface area contributed by atoms with Crippen LogP contribution >= 0.6 is 12.4 Å². The van der Waals surface area contributed by atoms with E-state index in [4.69, 9.17) is 11.1 Å². The Kier molecular flexibility index (Phi) is 13.7. The monoisotopic (exact) mass is 618 g/mol. The zero-order valence-electron chi connectivity index (χ0n) is 24.9. The van der Waals surface area contributed by atoms with Gasteiger partial charge in [-0.1, -0.05) is 92.1 Å². The minimum atomic E-state index is -1.05. The summed E-state index contributed by atoms with van der Waals surface area (Å²) in [5.41, 5.74) is 8.80. The van der Waals surface area contributed by atoms with Gasteiger partial charge in [0.25, 0.3) is 0 Å². The lowest BCUT2D eigenvalue weighted by molar-refractivity contribution is -0.138. The fourth-order valence-corrected chi connectivity index (χ4v) is 5.45. The number of hydrogen-bond donors (Lipinski definition) is 6. The van der Waals surface area contributed by atoms with Crippen LogP contribution in [0.3, 0.4) is 0 Å². The molecule has 3 amide bonds. The van der Waals surface area contributed by atoms with Crippen molar-refractivity contribution >= 4 is 41.7 Å². The molecule has 1 saturated carbocycles. The van der Waals surface area contributed by atoms with Crippen LogP contribution in [0.4, 0.5) is 5.69 Å². The molecule has 10 heteroatoms. The summed E-state index contributed by atoms with van der Waals surface area (Å²) in [5.74, 6) is -2.22. The third kappa shape index (κ3) is 10.4. The summed E-state index contributed by atoms with van der Waals surface area (Å²) >= 11 is 0. The molecule has 1 fully saturated rings.